The first-order valence-corrected chi connectivity index (χ1v) is 9.58. The van der Waals surface area contributed by atoms with Crippen LogP contribution in [0.1, 0.15) is 28.1 Å². The summed E-state index contributed by atoms with van der Waals surface area (Å²) in [4.78, 5) is 20.7. The van der Waals surface area contributed by atoms with Crippen molar-refractivity contribution >= 4 is 5.97 Å². The molecular weight excluding hydrogens is 425 g/mol. The number of hydrogen-bond donors (Lipinski definition) is 1. The number of carboxylic acids is 1. The second-order valence-corrected chi connectivity index (χ2v) is 7.15. The fourth-order valence-electron chi connectivity index (χ4n) is 3.56. The number of methoxy groups -OCH3 is 1. The molecule has 3 rings (SSSR count). The second kappa shape index (κ2) is 8.96. The topological polar surface area (TPSA) is 81.5 Å². The van der Waals surface area contributed by atoms with Crippen LogP contribution in [0.3, 0.4) is 0 Å². The third-order valence-corrected chi connectivity index (χ3v) is 4.94. The monoisotopic (exact) mass is 446 g/mol. The number of hydrogen-bond acceptors (Lipinski definition) is 5. The molecule has 168 valence electrons. The summed E-state index contributed by atoms with van der Waals surface area (Å²) in [6.45, 7) is 3.40. The van der Waals surface area contributed by atoms with Crippen LogP contribution < -0.4 is 4.74 Å². The maximum atomic E-state index is 13.1. The molecule has 0 amide bonds. The van der Waals surface area contributed by atoms with Crippen molar-refractivity contribution in [3.8, 4) is 6.01 Å². The van der Waals surface area contributed by atoms with Gasteiger partial charge in [-0.2, -0.15) is 13.2 Å². The molecule has 1 heterocycles. The van der Waals surface area contributed by atoms with E-state index in [2.05, 4.69) is 9.97 Å². The Bertz CT molecular complexity index is 1070. The van der Waals surface area contributed by atoms with Gasteiger partial charge in [0.05, 0.1) is 5.56 Å². The number of aryl methyl sites for hydroxylation is 2. The van der Waals surface area contributed by atoms with Crippen molar-refractivity contribution in [2.45, 2.75) is 31.7 Å². The molecule has 9 heteroatoms. The molecule has 0 radical (unpaired) electrons. The largest absolute Gasteiger partial charge is 0.478 e. The molecule has 0 bridgehead atoms. The summed E-state index contributed by atoms with van der Waals surface area (Å²) < 4.78 is 50.8. The van der Waals surface area contributed by atoms with Crippen molar-refractivity contribution in [1.29, 1.82) is 0 Å². The molecular formula is C23H21F3N2O4. The van der Waals surface area contributed by atoms with Gasteiger partial charge >= 0.3 is 18.2 Å². The molecule has 2 aromatic carbocycles. The summed E-state index contributed by atoms with van der Waals surface area (Å²) in [6, 6.07) is 13.9. The van der Waals surface area contributed by atoms with Gasteiger partial charge in [0, 0.05) is 18.5 Å². The molecule has 0 aliphatic rings. The van der Waals surface area contributed by atoms with E-state index in [9.17, 15) is 23.1 Å². The molecule has 0 spiro atoms. The van der Waals surface area contributed by atoms with Gasteiger partial charge in [-0.15, -0.1) is 0 Å². The molecule has 2 atom stereocenters. The Labute approximate surface area is 182 Å². The lowest BCUT2D eigenvalue weighted by Crippen LogP contribution is -2.50. The molecule has 0 saturated heterocycles. The number of nitrogens with zero attached hydrogens (tertiary/aromatic N) is 2. The van der Waals surface area contributed by atoms with Crippen LogP contribution in [-0.4, -0.2) is 34.3 Å². The van der Waals surface area contributed by atoms with Crippen molar-refractivity contribution < 1.29 is 32.5 Å². The van der Waals surface area contributed by atoms with Gasteiger partial charge in [-0.1, -0.05) is 42.5 Å². The zero-order valence-corrected chi connectivity index (χ0v) is 17.6. The summed E-state index contributed by atoms with van der Waals surface area (Å²) >= 11 is 0. The quantitative estimate of drug-likeness (QED) is 0.574. The van der Waals surface area contributed by atoms with Crippen molar-refractivity contribution in [3.05, 3.63) is 88.7 Å². The van der Waals surface area contributed by atoms with Crippen LogP contribution in [0.5, 0.6) is 6.01 Å². The number of carbonyl (C=O) groups is 1. The number of alkyl halides is 3. The predicted molar refractivity (Wildman–Crippen MR) is 109 cm³/mol. The summed E-state index contributed by atoms with van der Waals surface area (Å²) in [5, 5.41) is 10.1. The van der Waals surface area contributed by atoms with Crippen LogP contribution in [0.15, 0.2) is 60.7 Å². The molecule has 0 unspecified atom stereocenters. The van der Waals surface area contributed by atoms with Crippen molar-refractivity contribution in [1.82, 2.24) is 9.97 Å². The molecule has 0 aliphatic heterocycles. The molecule has 0 fully saturated rings. The number of ether oxygens (including phenoxy) is 2. The molecule has 3 aromatic rings. The highest BCUT2D eigenvalue weighted by atomic mass is 19.4. The maximum absolute atomic E-state index is 13.1. The Hall–Kier alpha value is -3.46. The van der Waals surface area contributed by atoms with Crippen LogP contribution in [0.4, 0.5) is 13.2 Å². The number of rotatable bonds is 7. The highest BCUT2D eigenvalue weighted by Crippen LogP contribution is 2.40. The normalized spacial score (nSPS) is 14.4. The van der Waals surface area contributed by atoms with E-state index in [1.807, 2.05) is 0 Å². The van der Waals surface area contributed by atoms with E-state index in [0.29, 0.717) is 17.0 Å². The lowest BCUT2D eigenvalue weighted by atomic mass is 9.80. The summed E-state index contributed by atoms with van der Waals surface area (Å²) in [7, 11) is 1.27. The van der Waals surface area contributed by atoms with E-state index < -0.39 is 29.4 Å². The zero-order valence-electron chi connectivity index (χ0n) is 17.6. The van der Waals surface area contributed by atoms with E-state index in [1.165, 1.54) is 19.2 Å². The van der Waals surface area contributed by atoms with Crippen LogP contribution in [0.2, 0.25) is 0 Å². The fourth-order valence-corrected chi connectivity index (χ4v) is 3.56. The minimum absolute atomic E-state index is 0.163. The average Bonchev–Trinajstić information content (AvgIpc) is 2.73. The molecule has 6 nitrogen and oxygen atoms in total. The third kappa shape index (κ3) is 4.57. The first-order chi connectivity index (χ1) is 15.1. The van der Waals surface area contributed by atoms with Gasteiger partial charge in [-0.3, -0.25) is 0 Å². The van der Waals surface area contributed by atoms with E-state index in [4.69, 9.17) is 9.47 Å². The fraction of sp³-hybridized carbons (Fsp3) is 0.261. The molecule has 1 aromatic heterocycles. The number of carboxylic acid groups (broad SMARTS) is 1. The highest BCUT2D eigenvalue weighted by molar-refractivity contribution is 5.76. The SMILES string of the molecule is CO[C@](c1ccccc1)(c1ccc(C(F)(F)F)cc1)[C@@H](Oc1nc(C)cc(C)n1)C(=O)O. The van der Waals surface area contributed by atoms with Gasteiger partial charge in [-0.25, -0.2) is 14.8 Å². The summed E-state index contributed by atoms with van der Waals surface area (Å²) in [5.41, 5.74) is -0.999. The Morgan fingerprint density at radius 1 is 0.906 bits per heavy atom. The molecule has 1 N–H and O–H groups in total. The first-order valence-electron chi connectivity index (χ1n) is 9.58. The minimum atomic E-state index is -4.54. The van der Waals surface area contributed by atoms with E-state index in [0.717, 1.165) is 12.1 Å². The Morgan fingerprint density at radius 2 is 1.41 bits per heavy atom. The van der Waals surface area contributed by atoms with Gasteiger partial charge in [-0.05, 0) is 43.2 Å². The van der Waals surface area contributed by atoms with Crippen LogP contribution >= 0.6 is 0 Å². The van der Waals surface area contributed by atoms with Crippen LogP contribution in [0.25, 0.3) is 0 Å². The first kappa shape index (κ1) is 23.2. The Morgan fingerprint density at radius 3 is 1.88 bits per heavy atom. The smallest absolute Gasteiger partial charge is 0.416 e. The third-order valence-electron chi connectivity index (χ3n) is 4.94. The Balaban J connectivity index is 2.21. The minimum Gasteiger partial charge on any atom is -0.478 e. The maximum Gasteiger partial charge on any atom is 0.416 e. The molecule has 32 heavy (non-hydrogen) atoms. The van der Waals surface area contributed by atoms with Crippen LogP contribution in [-0.2, 0) is 21.3 Å². The van der Waals surface area contributed by atoms with Crippen molar-refractivity contribution in [2.24, 2.45) is 0 Å². The molecule has 0 saturated carbocycles. The number of aromatic nitrogens is 2. The standard InChI is InChI=1S/C23H21F3N2O4/c1-14-13-15(2)28-21(27-14)32-19(20(29)30)22(31-3,16-7-5-4-6-8-16)17-9-11-18(12-10-17)23(24,25)26/h4-13,19H,1-3H3,(H,29,30)/t19-,22+/m0/s1. The lowest BCUT2D eigenvalue weighted by molar-refractivity contribution is -0.160. The highest BCUT2D eigenvalue weighted by Gasteiger charge is 2.49. The van der Waals surface area contributed by atoms with Gasteiger partial charge in [0.15, 0.2) is 5.60 Å². The van der Waals surface area contributed by atoms with Gasteiger partial charge in [0.25, 0.3) is 0 Å². The van der Waals surface area contributed by atoms with Gasteiger partial charge in [0.2, 0.25) is 6.10 Å². The Kier molecular flexibility index (Phi) is 6.50. The number of benzene rings is 2. The van der Waals surface area contributed by atoms with Crippen molar-refractivity contribution in [2.75, 3.05) is 7.11 Å². The predicted octanol–water partition coefficient (Wildman–Crippen LogP) is 4.53. The lowest BCUT2D eigenvalue weighted by Gasteiger charge is -2.37. The van der Waals surface area contributed by atoms with Crippen LogP contribution in [0, 0.1) is 13.8 Å². The number of aliphatic carboxylic acids is 1. The van der Waals surface area contributed by atoms with E-state index in [1.54, 1.807) is 50.2 Å². The zero-order chi connectivity index (χ0) is 23.5. The van der Waals surface area contributed by atoms with E-state index >= 15 is 0 Å². The second-order valence-electron chi connectivity index (χ2n) is 7.15. The average molecular weight is 446 g/mol. The summed E-state index contributed by atoms with van der Waals surface area (Å²) in [5.74, 6) is -1.40. The number of halogens is 3. The van der Waals surface area contributed by atoms with Crippen molar-refractivity contribution in [3.63, 3.8) is 0 Å². The molecule has 0 aliphatic carbocycles. The summed E-state index contributed by atoms with van der Waals surface area (Å²) in [6.07, 6.45) is -6.26. The van der Waals surface area contributed by atoms with Gasteiger partial charge < -0.3 is 14.6 Å². The van der Waals surface area contributed by atoms with E-state index in [-0.39, 0.29) is 11.6 Å². The van der Waals surface area contributed by atoms with Gasteiger partial charge in [0.1, 0.15) is 0 Å².